The second-order valence-corrected chi connectivity index (χ2v) is 6.34. The minimum absolute atomic E-state index is 0.149. The van der Waals surface area contributed by atoms with Crippen LogP contribution in [-0.4, -0.2) is 17.2 Å². The summed E-state index contributed by atoms with van der Waals surface area (Å²) < 4.78 is 0. The Balaban J connectivity index is 2.45. The first-order chi connectivity index (χ1) is 9.54. The number of rotatable bonds is 2. The summed E-state index contributed by atoms with van der Waals surface area (Å²) in [6.45, 7) is 6.04. The van der Waals surface area contributed by atoms with Gasteiger partial charge in [0.15, 0.2) is 0 Å². The fraction of sp³-hybridized carbons (Fsp3) is 0.250. The number of thiophene rings is 1. The molecule has 1 heterocycles. The van der Waals surface area contributed by atoms with Gasteiger partial charge in [-0.1, -0.05) is 18.2 Å². The van der Waals surface area contributed by atoms with E-state index in [4.69, 9.17) is 0 Å². The second-order valence-electron chi connectivity index (χ2n) is 4.63. The molecule has 0 fully saturated rings. The number of thioether (sulfide) groups is 1. The third-order valence-corrected chi connectivity index (χ3v) is 4.83. The van der Waals surface area contributed by atoms with Gasteiger partial charge in [0.1, 0.15) is 5.04 Å². The Morgan fingerprint density at radius 2 is 1.75 bits per heavy atom. The molecule has 0 saturated heterocycles. The average Bonchev–Trinajstić information content (AvgIpc) is 2.83. The van der Waals surface area contributed by atoms with Crippen LogP contribution in [0.5, 0.6) is 0 Å². The molecule has 0 saturated carbocycles. The van der Waals surface area contributed by atoms with E-state index in [0.717, 1.165) is 32.2 Å². The first-order valence-corrected chi connectivity index (χ1v) is 8.42. The quantitative estimate of drug-likeness (QED) is 0.598. The molecule has 104 valence electrons. The highest BCUT2D eigenvalue weighted by atomic mass is 32.2. The fourth-order valence-corrected chi connectivity index (χ4v) is 3.60. The van der Waals surface area contributed by atoms with Crippen molar-refractivity contribution in [3.8, 4) is 0 Å². The van der Waals surface area contributed by atoms with Crippen molar-refractivity contribution in [3.05, 3.63) is 56.8 Å². The molecule has 4 heteroatoms. The standard InChI is InChI=1S/C16H17NOS2/c1-10-6-5-7-11(2)13(10)16(19-4)17-15(18)14-12(3)8-9-20-14/h5-9H,1-4H3. The smallest absolute Gasteiger partial charge is 0.266 e. The van der Waals surface area contributed by atoms with Crippen molar-refractivity contribution in [1.82, 2.24) is 0 Å². The first-order valence-electron chi connectivity index (χ1n) is 6.32. The summed E-state index contributed by atoms with van der Waals surface area (Å²) in [5.41, 5.74) is 4.36. The molecule has 0 bridgehead atoms. The zero-order valence-electron chi connectivity index (χ0n) is 12.1. The predicted molar refractivity (Wildman–Crippen MR) is 89.4 cm³/mol. The summed E-state index contributed by atoms with van der Waals surface area (Å²) >= 11 is 2.96. The molecular weight excluding hydrogens is 286 g/mol. The second kappa shape index (κ2) is 6.37. The molecule has 0 atom stereocenters. The Kier molecular flexibility index (Phi) is 4.78. The van der Waals surface area contributed by atoms with E-state index in [9.17, 15) is 4.79 Å². The number of aryl methyl sites for hydroxylation is 3. The van der Waals surface area contributed by atoms with Gasteiger partial charge in [-0.25, -0.2) is 4.99 Å². The van der Waals surface area contributed by atoms with Crippen LogP contribution >= 0.6 is 23.1 Å². The SMILES string of the molecule is CSC(=NC(=O)c1sccc1C)c1c(C)cccc1C. The normalized spacial score (nSPS) is 11.7. The van der Waals surface area contributed by atoms with Crippen LogP contribution in [0.3, 0.4) is 0 Å². The van der Waals surface area contributed by atoms with Crippen molar-refractivity contribution in [3.63, 3.8) is 0 Å². The number of benzene rings is 1. The lowest BCUT2D eigenvalue weighted by Crippen LogP contribution is -2.05. The molecule has 20 heavy (non-hydrogen) atoms. The Morgan fingerprint density at radius 1 is 1.10 bits per heavy atom. The van der Waals surface area contributed by atoms with Crippen molar-refractivity contribution < 1.29 is 4.79 Å². The van der Waals surface area contributed by atoms with Gasteiger partial charge in [0.05, 0.1) is 4.88 Å². The highest BCUT2D eigenvalue weighted by Crippen LogP contribution is 2.22. The van der Waals surface area contributed by atoms with Gasteiger partial charge in [-0.3, -0.25) is 4.79 Å². The highest BCUT2D eigenvalue weighted by Gasteiger charge is 2.14. The van der Waals surface area contributed by atoms with Crippen LogP contribution in [0.15, 0.2) is 34.6 Å². The maximum atomic E-state index is 12.3. The van der Waals surface area contributed by atoms with Crippen molar-refractivity contribution in [2.45, 2.75) is 20.8 Å². The van der Waals surface area contributed by atoms with Crippen molar-refractivity contribution in [2.75, 3.05) is 6.26 Å². The van der Waals surface area contributed by atoms with Gasteiger partial charge in [0.2, 0.25) is 0 Å². The summed E-state index contributed by atoms with van der Waals surface area (Å²) in [5, 5.41) is 2.72. The zero-order valence-corrected chi connectivity index (χ0v) is 13.7. The van der Waals surface area contributed by atoms with Gasteiger partial charge < -0.3 is 0 Å². The van der Waals surface area contributed by atoms with Crippen LogP contribution in [0.2, 0.25) is 0 Å². The van der Waals surface area contributed by atoms with Crippen LogP contribution in [0, 0.1) is 20.8 Å². The van der Waals surface area contributed by atoms with Crippen LogP contribution in [0.1, 0.15) is 31.9 Å². The van der Waals surface area contributed by atoms with Crippen LogP contribution in [0.25, 0.3) is 0 Å². The summed E-state index contributed by atoms with van der Waals surface area (Å²) in [6, 6.07) is 8.08. The van der Waals surface area contributed by atoms with Crippen LogP contribution in [0.4, 0.5) is 0 Å². The lowest BCUT2D eigenvalue weighted by molar-refractivity contribution is 0.101. The number of carbonyl (C=O) groups is 1. The molecule has 0 aliphatic heterocycles. The average molecular weight is 303 g/mol. The first kappa shape index (κ1) is 15.0. The van der Waals surface area contributed by atoms with E-state index in [2.05, 4.69) is 31.0 Å². The van der Waals surface area contributed by atoms with Crippen molar-refractivity contribution in [2.24, 2.45) is 4.99 Å². The van der Waals surface area contributed by atoms with Gasteiger partial charge in [-0.05, 0) is 55.2 Å². The molecule has 1 aromatic heterocycles. The molecule has 2 nitrogen and oxygen atoms in total. The fourth-order valence-electron chi connectivity index (χ4n) is 2.09. The molecule has 0 aliphatic carbocycles. The highest BCUT2D eigenvalue weighted by molar-refractivity contribution is 8.13. The number of hydrogen-bond acceptors (Lipinski definition) is 3. The summed E-state index contributed by atoms with van der Waals surface area (Å²) in [4.78, 5) is 17.4. The van der Waals surface area contributed by atoms with E-state index in [-0.39, 0.29) is 5.91 Å². The molecule has 2 rings (SSSR count). The third kappa shape index (κ3) is 3.02. The van der Waals surface area contributed by atoms with Gasteiger partial charge in [-0.2, -0.15) is 0 Å². The Labute approximate surface area is 127 Å². The molecule has 2 aromatic rings. The van der Waals surface area contributed by atoms with E-state index in [1.54, 1.807) is 0 Å². The lowest BCUT2D eigenvalue weighted by Gasteiger charge is -2.10. The number of carbonyl (C=O) groups excluding carboxylic acids is 1. The monoisotopic (exact) mass is 303 g/mol. The molecule has 1 amide bonds. The number of nitrogens with zero attached hydrogens (tertiary/aromatic N) is 1. The minimum Gasteiger partial charge on any atom is -0.266 e. The molecule has 0 aliphatic rings. The molecule has 0 radical (unpaired) electrons. The van der Waals surface area contributed by atoms with E-state index < -0.39 is 0 Å². The largest absolute Gasteiger partial charge is 0.288 e. The lowest BCUT2D eigenvalue weighted by atomic mass is 10.0. The minimum atomic E-state index is -0.149. The number of amides is 1. The topological polar surface area (TPSA) is 29.4 Å². The van der Waals surface area contributed by atoms with Gasteiger partial charge >= 0.3 is 0 Å². The van der Waals surface area contributed by atoms with Crippen LogP contribution in [-0.2, 0) is 0 Å². The van der Waals surface area contributed by atoms with E-state index >= 15 is 0 Å². The molecule has 0 unspecified atom stereocenters. The Morgan fingerprint density at radius 3 is 2.25 bits per heavy atom. The number of aliphatic imine (C=N–C) groups is 1. The maximum Gasteiger partial charge on any atom is 0.288 e. The molecule has 0 spiro atoms. The Hall–Kier alpha value is -1.39. The van der Waals surface area contributed by atoms with Crippen molar-refractivity contribution in [1.29, 1.82) is 0 Å². The van der Waals surface area contributed by atoms with E-state index in [1.165, 1.54) is 23.1 Å². The Bertz CT molecular complexity index is 651. The predicted octanol–water partition coefficient (Wildman–Crippen LogP) is 4.62. The summed E-state index contributed by atoms with van der Waals surface area (Å²) in [6.07, 6.45) is 1.96. The molecular formula is C16H17NOS2. The number of hydrogen-bond donors (Lipinski definition) is 0. The van der Waals surface area contributed by atoms with E-state index in [1.807, 2.05) is 30.7 Å². The van der Waals surface area contributed by atoms with E-state index in [0.29, 0.717) is 0 Å². The third-order valence-electron chi connectivity index (χ3n) is 3.15. The molecule has 1 aromatic carbocycles. The zero-order chi connectivity index (χ0) is 14.7. The maximum absolute atomic E-state index is 12.3. The summed E-state index contributed by atoms with van der Waals surface area (Å²) in [7, 11) is 0. The van der Waals surface area contributed by atoms with Crippen LogP contribution < -0.4 is 0 Å². The van der Waals surface area contributed by atoms with Gasteiger partial charge in [0.25, 0.3) is 5.91 Å². The van der Waals surface area contributed by atoms with Gasteiger partial charge in [0, 0.05) is 5.56 Å². The summed E-state index contributed by atoms with van der Waals surface area (Å²) in [5.74, 6) is -0.149. The van der Waals surface area contributed by atoms with Gasteiger partial charge in [-0.15, -0.1) is 23.1 Å². The van der Waals surface area contributed by atoms with Crippen molar-refractivity contribution >= 4 is 34.0 Å². The molecule has 0 N–H and O–H groups in total.